The number of ketones is 1. The minimum absolute atomic E-state index is 0.147. The first-order valence-electron chi connectivity index (χ1n) is 6.18. The number of rotatable bonds is 5. The predicted molar refractivity (Wildman–Crippen MR) is 83.8 cm³/mol. The molecule has 0 atom stereocenters. The maximum absolute atomic E-state index is 12.2. The van der Waals surface area contributed by atoms with Crippen molar-refractivity contribution in [2.45, 2.75) is 0 Å². The topological polar surface area (TPSA) is 53.4 Å². The number of aryl methyl sites for hydroxylation is 1. The minimum Gasteiger partial charge on any atom is -0.497 e. The highest BCUT2D eigenvalue weighted by molar-refractivity contribution is 9.10. The van der Waals surface area contributed by atoms with E-state index in [9.17, 15) is 4.79 Å². The quantitative estimate of drug-likeness (QED) is 0.614. The van der Waals surface area contributed by atoms with Crippen molar-refractivity contribution in [3.05, 3.63) is 46.2 Å². The second-order valence-corrected chi connectivity index (χ2v) is 5.12. The summed E-state index contributed by atoms with van der Waals surface area (Å²) in [6.07, 6.45) is 4.77. The summed E-state index contributed by atoms with van der Waals surface area (Å²) >= 11 is 3.31. The number of methoxy groups -OCH3 is 2. The molecule has 5 nitrogen and oxygen atoms in total. The van der Waals surface area contributed by atoms with Crippen LogP contribution in [-0.2, 0) is 7.05 Å². The summed E-state index contributed by atoms with van der Waals surface area (Å²) in [6, 6.07) is 5.40. The standard InChI is InChI=1S/C15H15BrN2O3/c1-18-15(12(16)9-17-18)13(19)6-4-10-8-11(20-2)5-7-14(10)21-3/h4-9H,1-3H3/b6-4+. The highest BCUT2D eigenvalue weighted by Crippen LogP contribution is 2.25. The zero-order valence-electron chi connectivity index (χ0n) is 12.0. The molecule has 0 amide bonds. The molecule has 0 unspecified atom stereocenters. The normalized spacial score (nSPS) is 10.9. The van der Waals surface area contributed by atoms with Gasteiger partial charge in [0, 0.05) is 12.6 Å². The molecule has 0 aliphatic carbocycles. The molecule has 0 fully saturated rings. The summed E-state index contributed by atoms with van der Waals surface area (Å²) < 4.78 is 12.6. The number of ether oxygens (including phenoxy) is 2. The molecule has 0 radical (unpaired) electrons. The molecule has 0 bridgehead atoms. The van der Waals surface area contributed by atoms with Gasteiger partial charge in [-0.15, -0.1) is 0 Å². The lowest BCUT2D eigenvalue weighted by atomic mass is 10.1. The number of halogens is 1. The van der Waals surface area contributed by atoms with E-state index in [0.717, 1.165) is 5.56 Å². The van der Waals surface area contributed by atoms with Crippen LogP contribution in [0.25, 0.3) is 6.08 Å². The third kappa shape index (κ3) is 3.33. The van der Waals surface area contributed by atoms with Crippen molar-refractivity contribution in [3.63, 3.8) is 0 Å². The predicted octanol–water partition coefficient (Wildman–Crippen LogP) is 3.10. The summed E-state index contributed by atoms with van der Waals surface area (Å²) in [4.78, 5) is 12.2. The van der Waals surface area contributed by atoms with Gasteiger partial charge in [-0.1, -0.05) is 0 Å². The van der Waals surface area contributed by atoms with Crippen molar-refractivity contribution >= 4 is 27.8 Å². The van der Waals surface area contributed by atoms with E-state index in [1.807, 2.05) is 0 Å². The molecule has 0 aliphatic heterocycles. The number of allylic oxidation sites excluding steroid dienone is 1. The number of carbonyl (C=O) groups excluding carboxylic acids is 1. The molecule has 6 heteroatoms. The Hall–Kier alpha value is -2.08. The molecule has 0 aliphatic rings. The molecule has 0 saturated heterocycles. The average molecular weight is 351 g/mol. The van der Waals surface area contributed by atoms with Crippen LogP contribution in [0.15, 0.2) is 34.9 Å². The van der Waals surface area contributed by atoms with Crippen LogP contribution in [0.4, 0.5) is 0 Å². The van der Waals surface area contributed by atoms with Crippen LogP contribution >= 0.6 is 15.9 Å². The first-order chi connectivity index (χ1) is 10.1. The third-order valence-electron chi connectivity index (χ3n) is 2.98. The van der Waals surface area contributed by atoms with Crippen molar-refractivity contribution < 1.29 is 14.3 Å². The molecule has 110 valence electrons. The van der Waals surface area contributed by atoms with Gasteiger partial charge in [-0.2, -0.15) is 5.10 Å². The smallest absolute Gasteiger partial charge is 0.205 e. The fourth-order valence-corrected chi connectivity index (χ4v) is 2.45. The van der Waals surface area contributed by atoms with E-state index in [0.29, 0.717) is 21.7 Å². The lowest BCUT2D eigenvalue weighted by Gasteiger charge is -2.07. The Morgan fingerprint density at radius 3 is 2.67 bits per heavy atom. The van der Waals surface area contributed by atoms with Gasteiger partial charge in [0.15, 0.2) is 0 Å². The molecule has 0 saturated carbocycles. The number of nitrogens with zero attached hydrogens (tertiary/aromatic N) is 2. The van der Waals surface area contributed by atoms with Crippen molar-refractivity contribution in [1.29, 1.82) is 0 Å². The monoisotopic (exact) mass is 350 g/mol. The molecular weight excluding hydrogens is 336 g/mol. The maximum Gasteiger partial charge on any atom is 0.205 e. The van der Waals surface area contributed by atoms with Crippen LogP contribution in [0, 0.1) is 0 Å². The number of benzene rings is 1. The third-order valence-corrected chi connectivity index (χ3v) is 3.56. The summed E-state index contributed by atoms with van der Waals surface area (Å²) in [5, 5.41) is 4.02. The van der Waals surface area contributed by atoms with Crippen molar-refractivity contribution in [3.8, 4) is 11.5 Å². The van der Waals surface area contributed by atoms with Gasteiger partial charge in [-0.3, -0.25) is 9.48 Å². The van der Waals surface area contributed by atoms with Gasteiger partial charge < -0.3 is 9.47 Å². The molecular formula is C15H15BrN2O3. The first-order valence-corrected chi connectivity index (χ1v) is 6.98. The van der Waals surface area contributed by atoms with Gasteiger partial charge in [-0.25, -0.2) is 0 Å². The van der Waals surface area contributed by atoms with E-state index in [1.54, 1.807) is 51.7 Å². The Morgan fingerprint density at radius 1 is 1.33 bits per heavy atom. The first kappa shape index (κ1) is 15.3. The lowest BCUT2D eigenvalue weighted by molar-refractivity contribution is 0.103. The van der Waals surface area contributed by atoms with Crippen LogP contribution in [0.5, 0.6) is 11.5 Å². The van der Waals surface area contributed by atoms with Gasteiger partial charge in [0.2, 0.25) is 5.78 Å². The van der Waals surface area contributed by atoms with E-state index in [-0.39, 0.29) is 5.78 Å². The number of carbonyl (C=O) groups is 1. The Morgan fingerprint density at radius 2 is 2.10 bits per heavy atom. The van der Waals surface area contributed by atoms with Crippen molar-refractivity contribution in [1.82, 2.24) is 9.78 Å². The molecule has 1 aromatic heterocycles. The molecule has 1 aromatic carbocycles. The molecule has 0 spiro atoms. The van der Waals surface area contributed by atoms with Crippen LogP contribution in [0.1, 0.15) is 16.1 Å². The van der Waals surface area contributed by atoms with Crippen LogP contribution < -0.4 is 9.47 Å². The summed E-state index contributed by atoms with van der Waals surface area (Å²) in [7, 11) is 4.89. The van der Waals surface area contributed by atoms with Crippen molar-refractivity contribution in [2.75, 3.05) is 14.2 Å². The van der Waals surface area contributed by atoms with Gasteiger partial charge in [0.1, 0.15) is 17.2 Å². The fraction of sp³-hybridized carbons (Fsp3) is 0.200. The van der Waals surface area contributed by atoms with Gasteiger partial charge in [-0.05, 0) is 46.3 Å². The lowest BCUT2D eigenvalue weighted by Crippen LogP contribution is -2.04. The highest BCUT2D eigenvalue weighted by atomic mass is 79.9. The fourth-order valence-electron chi connectivity index (χ4n) is 1.90. The summed E-state index contributed by atoms with van der Waals surface area (Å²) in [5.74, 6) is 1.22. The number of hydrogen-bond donors (Lipinski definition) is 0. The molecule has 0 N–H and O–H groups in total. The number of aromatic nitrogens is 2. The zero-order chi connectivity index (χ0) is 15.4. The van der Waals surface area contributed by atoms with Gasteiger partial charge in [0.25, 0.3) is 0 Å². The van der Waals surface area contributed by atoms with Crippen LogP contribution in [-0.4, -0.2) is 29.8 Å². The molecule has 21 heavy (non-hydrogen) atoms. The SMILES string of the molecule is COc1ccc(OC)c(/C=C/C(=O)c2c(Br)cnn2C)c1. The largest absolute Gasteiger partial charge is 0.497 e. The second-order valence-electron chi connectivity index (χ2n) is 4.27. The Balaban J connectivity index is 2.31. The van der Waals surface area contributed by atoms with E-state index >= 15 is 0 Å². The van der Waals surface area contributed by atoms with E-state index in [2.05, 4.69) is 21.0 Å². The Kier molecular flexibility index (Phi) is 4.80. The maximum atomic E-state index is 12.2. The van der Waals surface area contributed by atoms with E-state index in [1.165, 1.54) is 10.8 Å². The van der Waals surface area contributed by atoms with E-state index in [4.69, 9.17) is 9.47 Å². The van der Waals surface area contributed by atoms with Gasteiger partial charge in [0.05, 0.1) is 24.9 Å². The highest BCUT2D eigenvalue weighted by Gasteiger charge is 2.12. The molecule has 2 rings (SSSR count). The Labute approximate surface area is 131 Å². The Bertz CT molecular complexity index is 673. The summed E-state index contributed by atoms with van der Waals surface area (Å²) in [5.41, 5.74) is 1.26. The van der Waals surface area contributed by atoms with Crippen LogP contribution in [0.3, 0.4) is 0 Å². The molecule has 1 heterocycles. The minimum atomic E-state index is -0.147. The van der Waals surface area contributed by atoms with Crippen molar-refractivity contribution in [2.24, 2.45) is 7.05 Å². The van der Waals surface area contributed by atoms with E-state index < -0.39 is 0 Å². The summed E-state index contributed by atoms with van der Waals surface area (Å²) in [6.45, 7) is 0. The molecule has 2 aromatic rings. The second kappa shape index (κ2) is 6.58. The van der Waals surface area contributed by atoms with Gasteiger partial charge >= 0.3 is 0 Å². The number of hydrogen-bond acceptors (Lipinski definition) is 4. The zero-order valence-corrected chi connectivity index (χ0v) is 13.5. The van der Waals surface area contributed by atoms with Crippen LogP contribution in [0.2, 0.25) is 0 Å². The average Bonchev–Trinajstić information content (AvgIpc) is 2.83.